The number of nitrogens with zero attached hydrogens (tertiary/aromatic N) is 1. The van der Waals surface area contributed by atoms with Crippen LogP contribution in [0.2, 0.25) is 0 Å². The normalized spacial score (nSPS) is 31.6. The van der Waals surface area contributed by atoms with Crippen molar-refractivity contribution in [3.05, 3.63) is 0 Å². The molecule has 1 saturated carbocycles. The van der Waals surface area contributed by atoms with E-state index in [0.29, 0.717) is 30.0 Å². The van der Waals surface area contributed by atoms with E-state index in [1.165, 1.54) is 19.3 Å². The summed E-state index contributed by atoms with van der Waals surface area (Å²) >= 11 is 0. The van der Waals surface area contributed by atoms with Crippen LogP contribution in [-0.4, -0.2) is 50.5 Å². The van der Waals surface area contributed by atoms with Gasteiger partial charge in [-0.05, 0) is 32.2 Å². The molecule has 2 N–H and O–H groups in total. The number of sulfone groups is 1. The molecule has 0 amide bonds. The van der Waals surface area contributed by atoms with Crippen LogP contribution in [0.5, 0.6) is 0 Å². The number of rotatable bonds is 4. The third-order valence-electron chi connectivity index (χ3n) is 4.24. The molecule has 0 aromatic carbocycles. The Morgan fingerprint density at radius 1 is 1.38 bits per heavy atom. The van der Waals surface area contributed by atoms with Gasteiger partial charge in [-0.1, -0.05) is 6.42 Å². The standard InChI is InChI=1S/C11H22N2O2S/c1-13(10-5-6-16(14,15)8-10)11(7-12)9-3-2-4-9/h9-11H,2-8,12H2,1H3. The van der Waals surface area contributed by atoms with Gasteiger partial charge in [-0.25, -0.2) is 8.42 Å². The monoisotopic (exact) mass is 246 g/mol. The molecular weight excluding hydrogens is 224 g/mol. The van der Waals surface area contributed by atoms with E-state index >= 15 is 0 Å². The summed E-state index contributed by atoms with van der Waals surface area (Å²) in [5, 5.41) is 0. The summed E-state index contributed by atoms with van der Waals surface area (Å²) in [7, 11) is -0.736. The lowest BCUT2D eigenvalue weighted by atomic mass is 9.79. The van der Waals surface area contributed by atoms with E-state index < -0.39 is 9.84 Å². The summed E-state index contributed by atoms with van der Waals surface area (Å²) in [6, 6.07) is 0.575. The first-order valence-corrected chi connectivity index (χ1v) is 7.98. The quantitative estimate of drug-likeness (QED) is 0.771. The lowest BCUT2D eigenvalue weighted by Gasteiger charge is -2.41. The minimum atomic E-state index is -2.78. The second-order valence-corrected chi connectivity index (χ2v) is 7.45. The number of nitrogens with two attached hydrogens (primary N) is 1. The summed E-state index contributed by atoms with van der Waals surface area (Å²) in [6.07, 6.45) is 4.59. The smallest absolute Gasteiger partial charge is 0.151 e. The highest BCUT2D eigenvalue weighted by Gasteiger charge is 2.37. The second kappa shape index (κ2) is 4.63. The molecule has 16 heavy (non-hydrogen) atoms. The zero-order chi connectivity index (χ0) is 11.8. The van der Waals surface area contributed by atoms with E-state index in [9.17, 15) is 8.42 Å². The van der Waals surface area contributed by atoms with Crippen LogP contribution in [0, 0.1) is 5.92 Å². The third kappa shape index (κ3) is 2.41. The van der Waals surface area contributed by atoms with Crippen LogP contribution in [0.15, 0.2) is 0 Å². The minimum absolute atomic E-state index is 0.194. The summed E-state index contributed by atoms with van der Waals surface area (Å²) in [5.41, 5.74) is 5.83. The van der Waals surface area contributed by atoms with Gasteiger partial charge in [0, 0.05) is 18.6 Å². The van der Waals surface area contributed by atoms with E-state index in [1.54, 1.807) is 0 Å². The molecule has 0 bridgehead atoms. The molecule has 1 aliphatic heterocycles. The van der Waals surface area contributed by atoms with Crippen molar-refractivity contribution in [3.63, 3.8) is 0 Å². The molecule has 2 atom stereocenters. The highest BCUT2D eigenvalue weighted by Crippen LogP contribution is 2.33. The van der Waals surface area contributed by atoms with E-state index in [-0.39, 0.29) is 6.04 Å². The molecule has 1 saturated heterocycles. The lowest BCUT2D eigenvalue weighted by Crippen LogP contribution is -2.50. The Balaban J connectivity index is 1.97. The van der Waals surface area contributed by atoms with Crippen LogP contribution < -0.4 is 5.73 Å². The van der Waals surface area contributed by atoms with Crippen molar-refractivity contribution in [1.29, 1.82) is 0 Å². The fraction of sp³-hybridized carbons (Fsp3) is 1.00. The van der Waals surface area contributed by atoms with E-state index in [0.717, 1.165) is 6.42 Å². The molecule has 1 aliphatic carbocycles. The number of likely N-dealkylation sites (N-methyl/N-ethyl adjacent to an activating group) is 1. The predicted octanol–water partition coefficient (Wildman–Crippen LogP) is 0.233. The number of hydrogen-bond donors (Lipinski definition) is 1. The van der Waals surface area contributed by atoms with Crippen molar-refractivity contribution in [3.8, 4) is 0 Å². The molecule has 0 spiro atoms. The van der Waals surface area contributed by atoms with Gasteiger partial charge in [0.05, 0.1) is 11.5 Å². The van der Waals surface area contributed by atoms with Gasteiger partial charge < -0.3 is 5.73 Å². The SMILES string of the molecule is CN(C1CCS(=O)(=O)C1)C(CN)C1CCC1. The maximum absolute atomic E-state index is 11.5. The Bertz CT molecular complexity index is 338. The maximum atomic E-state index is 11.5. The fourth-order valence-electron chi connectivity index (χ4n) is 2.88. The lowest BCUT2D eigenvalue weighted by molar-refractivity contribution is 0.0955. The molecule has 0 radical (unpaired) electrons. The topological polar surface area (TPSA) is 63.4 Å². The van der Waals surface area contributed by atoms with Gasteiger partial charge in [0.25, 0.3) is 0 Å². The molecule has 94 valence electrons. The molecule has 2 fully saturated rings. The molecule has 0 aromatic heterocycles. The Kier molecular flexibility index (Phi) is 3.56. The summed E-state index contributed by atoms with van der Waals surface area (Å²) < 4.78 is 22.9. The molecule has 4 nitrogen and oxygen atoms in total. The highest BCUT2D eigenvalue weighted by molar-refractivity contribution is 7.91. The van der Waals surface area contributed by atoms with Crippen molar-refractivity contribution >= 4 is 9.84 Å². The second-order valence-electron chi connectivity index (χ2n) is 5.22. The molecule has 2 unspecified atom stereocenters. The van der Waals surface area contributed by atoms with Gasteiger partial charge in [0.1, 0.15) is 0 Å². The Morgan fingerprint density at radius 3 is 2.44 bits per heavy atom. The highest BCUT2D eigenvalue weighted by atomic mass is 32.2. The van der Waals surface area contributed by atoms with Gasteiger partial charge in [0.2, 0.25) is 0 Å². The summed E-state index contributed by atoms with van der Waals surface area (Å²) in [4.78, 5) is 2.23. The van der Waals surface area contributed by atoms with Crippen LogP contribution in [0.3, 0.4) is 0 Å². The van der Waals surface area contributed by atoms with Crippen molar-refractivity contribution < 1.29 is 8.42 Å². The first-order chi connectivity index (χ1) is 7.53. The van der Waals surface area contributed by atoms with E-state index in [2.05, 4.69) is 4.90 Å². The van der Waals surface area contributed by atoms with Crippen LogP contribution in [-0.2, 0) is 9.84 Å². The fourth-order valence-corrected chi connectivity index (χ4v) is 4.67. The largest absolute Gasteiger partial charge is 0.329 e. The van der Waals surface area contributed by atoms with Gasteiger partial charge in [0.15, 0.2) is 9.84 Å². The average molecular weight is 246 g/mol. The molecule has 2 aliphatic rings. The molecule has 5 heteroatoms. The molecule has 0 aromatic rings. The average Bonchev–Trinajstić information content (AvgIpc) is 2.51. The van der Waals surface area contributed by atoms with Gasteiger partial charge in [-0.2, -0.15) is 0 Å². The predicted molar refractivity (Wildman–Crippen MR) is 65.0 cm³/mol. The molecular formula is C11H22N2O2S. The molecule has 2 rings (SSSR count). The van der Waals surface area contributed by atoms with E-state index in [1.807, 2.05) is 7.05 Å². The van der Waals surface area contributed by atoms with Crippen molar-refractivity contribution in [2.75, 3.05) is 25.1 Å². The van der Waals surface area contributed by atoms with Crippen LogP contribution in [0.1, 0.15) is 25.7 Å². The van der Waals surface area contributed by atoms with Crippen molar-refractivity contribution in [1.82, 2.24) is 4.90 Å². The van der Waals surface area contributed by atoms with Crippen LogP contribution in [0.4, 0.5) is 0 Å². The third-order valence-corrected chi connectivity index (χ3v) is 5.99. The first-order valence-electron chi connectivity index (χ1n) is 6.16. The molecule has 1 heterocycles. The minimum Gasteiger partial charge on any atom is -0.329 e. The summed E-state index contributed by atoms with van der Waals surface area (Å²) in [5.74, 6) is 1.37. The van der Waals surface area contributed by atoms with Crippen LogP contribution in [0.25, 0.3) is 0 Å². The Hall–Kier alpha value is -0.130. The van der Waals surface area contributed by atoms with Crippen LogP contribution >= 0.6 is 0 Å². The Labute approximate surface area is 98.1 Å². The van der Waals surface area contributed by atoms with Gasteiger partial charge in [-0.3, -0.25) is 4.90 Å². The van der Waals surface area contributed by atoms with Gasteiger partial charge in [-0.15, -0.1) is 0 Å². The Morgan fingerprint density at radius 2 is 2.06 bits per heavy atom. The number of hydrogen-bond acceptors (Lipinski definition) is 4. The van der Waals surface area contributed by atoms with E-state index in [4.69, 9.17) is 5.73 Å². The zero-order valence-corrected chi connectivity index (χ0v) is 10.7. The first kappa shape index (κ1) is 12.3. The maximum Gasteiger partial charge on any atom is 0.151 e. The zero-order valence-electron chi connectivity index (χ0n) is 9.93. The van der Waals surface area contributed by atoms with Crippen molar-refractivity contribution in [2.45, 2.75) is 37.8 Å². The van der Waals surface area contributed by atoms with Gasteiger partial charge >= 0.3 is 0 Å². The summed E-state index contributed by atoms with van der Waals surface area (Å²) in [6.45, 7) is 0.651. The van der Waals surface area contributed by atoms with Crippen molar-refractivity contribution in [2.24, 2.45) is 11.7 Å².